The summed E-state index contributed by atoms with van der Waals surface area (Å²) in [5.41, 5.74) is -2.51. The fourth-order valence-electron chi connectivity index (χ4n) is 1.99. The fourth-order valence-corrected chi connectivity index (χ4v) is 2.56. The van der Waals surface area contributed by atoms with Gasteiger partial charge in [0.25, 0.3) is 0 Å². The topological polar surface area (TPSA) is 149 Å². The SMILES string of the molecule is CC(C)(C)OC(=O)N[C@@H](CI)C(=O)OC(C)(C)C.CC(C)(C)OC(=O)N[C@@H](CO)C(=O)OC(C)(C)C.ClCCl. The molecule has 0 saturated heterocycles. The molecule has 0 rings (SSSR count). The summed E-state index contributed by atoms with van der Waals surface area (Å²) < 4.78 is 20.8. The second kappa shape index (κ2) is 19.0. The van der Waals surface area contributed by atoms with E-state index >= 15 is 0 Å². The molecule has 0 spiro atoms. The van der Waals surface area contributed by atoms with Crippen molar-refractivity contribution in [2.45, 2.75) is 118 Å². The normalized spacial score (nSPS) is 13.1. The number of aliphatic hydroxyl groups excluding tert-OH is 1. The Kier molecular flexibility index (Phi) is 20.5. The molecule has 2 amide bonds. The van der Waals surface area contributed by atoms with Gasteiger partial charge in [0.2, 0.25) is 0 Å². The first kappa shape index (κ1) is 42.2. The second-order valence-corrected chi connectivity index (χ2v) is 13.6. The lowest BCUT2D eigenvalue weighted by Gasteiger charge is -2.25. The number of alkyl carbamates (subject to hydrolysis) is 2. The van der Waals surface area contributed by atoms with Crippen LogP contribution in [0.15, 0.2) is 0 Å². The van der Waals surface area contributed by atoms with Crippen LogP contribution >= 0.6 is 45.8 Å². The summed E-state index contributed by atoms with van der Waals surface area (Å²) in [6.07, 6.45) is -1.39. The Labute approximate surface area is 256 Å². The molecule has 0 aromatic heterocycles. The molecule has 39 heavy (non-hydrogen) atoms. The summed E-state index contributed by atoms with van der Waals surface area (Å²) in [6, 6.07) is -1.82. The molecule has 0 bridgehead atoms. The van der Waals surface area contributed by atoms with Gasteiger partial charge in [-0.2, -0.15) is 0 Å². The number of nitrogens with one attached hydrogen (secondary N) is 2. The number of esters is 2. The number of alkyl halides is 3. The average Bonchev–Trinajstić information content (AvgIpc) is 2.65. The zero-order valence-electron chi connectivity index (χ0n) is 25.1. The molecule has 0 heterocycles. The van der Waals surface area contributed by atoms with E-state index in [0.717, 1.165) is 0 Å². The van der Waals surface area contributed by atoms with E-state index in [0.29, 0.717) is 4.43 Å². The van der Waals surface area contributed by atoms with Crippen molar-refractivity contribution in [1.82, 2.24) is 10.6 Å². The van der Waals surface area contributed by atoms with Gasteiger partial charge in [0, 0.05) is 4.43 Å². The Morgan fingerprint density at radius 2 is 0.897 bits per heavy atom. The zero-order chi connectivity index (χ0) is 31.8. The van der Waals surface area contributed by atoms with Gasteiger partial charge in [0.1, 0.15) is 28.4 Å². The molecule has 0 unspecified atom stereocenters. The standard InChI is InChI=1S/C12H22INO4.C12H23NO5.CH2Cl2/c1-11(2,3)17-9(15)8(7-13)14-10(16)18-12(4,5)6;1-11(2,3)17-9(15)8(7-14)13-10(16)18-12(4,5)6;2-1-3/h8H,7H2,1-6H3,(H,14,16);8,14H,7H2,1-6H3,(H,13,16);1H2/t2*8-;/m00./s1. The van der Waals surface area contributed by atoms with Crippen molar-refractivity contribution in [3.05, 3.63) is 0 Å². The van der Waals surface area contributed by atoms with Gasteiger partial charge >= 0.3 is 24.1 Å². The van der Waals surface area contributed by atoms with Crippen LogP contribution < -0.4 is 10.6 Å². The van der Waals surface area contributed by atoms with Gasteiger partial charge in [-0.25, -0.2) is 19.2 Å². The number of amides is 2. The van der Waals surface area contributed by atoms with Crippen molar-refractivity contribution >= 4 is 69.9 Å². The molecule has 0 aliphatic rings. The molecule has 11 nitrogen and oxygen atoms in total. The van der Waals surface area contributed by atoms with Crippen molar-refractivity contribution in [2.75, 3.05) is 16.4 Å². The quantitative estimate of drug-likeness (QED) is 0.144. The van der Waals surface area contributed by atoms with Crippen LogP contribution in [0.1, 0.15) is 83.1 Å². The number of carbonyl (C=O) groups is 4. The molecule has 232 valence electrons. The van der Waals surface area contributed by atoms with Crippen LogP contribution in [0, 0.1) is 0 Å². The summed E-state index contributed by atoms with van der Waals surface area (Å²) in [6.45, 7) is 20.3. The van der Waals surface area contributed by atoms with Crippen LogP contribution in [0.4, 0.5) is 9.59 Å². The van der Waals surface area contributed by atoms with Gasteiger partial charge in [0.15, 0.2) is 6.04 Å². The van der Waals surface area contributed by atoms with E-state index in [1.807, 2.05) is 22.6 Å². The lowest BCUT2D eigenvalue weighted by Crippen LogP contribution is -2.47. The number of carbonyl (C=O) groups excluding carboxylic acids is 4. The van der Waals surface area contributed by atoms with Crippen molar-refractivity contribution in [3.63, 3.8) is 0 Å². The first-order valence-corrected chi connectivity index (χ1v) is 14.6. The Morgan fingerprint density at radius 3 is 1.13 bits per heavy atom. The first-order valence-electron chi connectivity index (χ1n) is 12.0. The number of ether oxygens (including phenoxy) is 4. The maximum Gasteiger partial charge on any atom is 0.408 e. The van der Waals surface area contributed by atoms with Gasteiger partial charge in [-0.1, -0.05) is 22.6 Å². The zero-order valence-corrected chi connectivity index (χ0v) is 28.8. The first-order chi connectivity index (χ1) is 17.3. The molecule has 0 saturated carbocycles. The van der Waals surface area contributed by atoms with Crippen molar-refractivity contribution in [3.8, 4) is 0 Å². The summed E-state index contributed by atoms with van der Waals surface area (Å²) in [7, 11) is 0. The van der Waals surface area contributed by atoms with Crippen LogP contribution in [0.2, 0.25) is 0 Å². The molecule has 0 radical (unpaired) electrons. The smallest absolute Gasteiger partial charge is 0.408 e. The third kappa shape index (κ3) is 29.6. The van der Waals surface area contributed by atoms with Gasteiger partial charge in [-0.3, -0.25) is 0 Å². The lowest BCUT2D eigenvalue weighted by atomic mass is 10.2. The third-order valence-corrected chi connectivity index (χ3v) is 3.98. The monoisotopic (exact) mass is 716 g/mol. The van der Waals surface area contributed by atoms with Crippen molar-refractivity contribution in [2.24, 2.45) is 0 Å². The van der Waals surface area contributed by atoms with Crippen LogP contribution in [0.3, 0.4) is 0 Å². The molecular weight excluding hydrogens is 670 g/mol. The van der Waals surface area contributed by atoms with E-state index in [-0.39, 0.29) is 5.34 Å². The number of hydrogen-bond donors (Lipinski definition) is 3. The van der Waals surface area contributed by atoms with Gasteiger partial charge < -0.3 is 34.7 Å². The van der Waals surface area contributed by atoms with Gasteiger partial charge in [0.05, 0.1) is 11.9 Å². The molecule has 0 aromatic carbocycles. The largest absolute Gasteiger partial charge is 0.458 e. The minimum atomic E-state index is -1.13. The van der Waals surface area contributed by atoms with E-state index in [2.05, 4.69) is 10.6 Å². The van der Waals surface area contributed by atoms with Crippen LogP contribution in [0.25, 0.3) is 0 Å². The van der Waals surface area contributed by atoms with E-state index in [9.17, 15) is 19.2 Å². The Bertz CT molecular complexity index is 695. The van der Waals surface area contributed by atoms with E-state index in [4.69, 9.17) is 47.3 Å². The summed E-state index contributed by atoms with van der Waals surface area (Å²) >= 11 is 11.5. The third-order valence-electron chi connectivity index (χ3n) is 3.10. The fraction of sp³-hybridized carbons (Fsp3) is 0.840. The van der Waals surface area contributed by atoms with Crippen LogP contribution in [0.5, 0.6) is 0 Å². The lowest BCUT2D eigenvalue weighted by molar-refractivity contribution is -0.158. The van der Waals surface area contributed by atoms with Crippen molar-refractivity contribution in [1.29, 1.82) is 0 Å². The highest BCUT2D eigenvalue weighted by atomic mass is 127. The molecule has 0 aliphatic heterocycles. The van der Waals surface area contributed by atoms with E-state index in [1.54, 1.807) is 83.1 Å². The minimum absolute atomic E-state index is 0.194. The highest BCUT2D eigenvalue weighted by Crippen LogP contribution is 2.12. The Hall–Kier alpha value is -1.25. The van der Waals surface area contributed by atoms with Crippen LogP contribution in [-0.2, 0) is 28.5 Å². The molecule has 0 fully saturated rings. The molecule has 3 N–H and O–H groups in total. The van der Waals surface area contributed by atoms with E-state index in [1.165, 1.54) is 0 Å². The number of aliphatic hydroxyl groups is 1. The number of hydrogen-bond acceptors (Lipinski definition) is 9. The van der Waals surface area contributed by atoms with Gasteiger partial charge in [-0.05, 0) is 83.1 Å². The predicted octanol–water partition coefficient (Wildman–Crippen LogP) is 5.29. The second-order valence-electron chi connectivity index (χ2n) is 11.9. The molecule has 0 aliphatic carbocycles. The number of rotatable bonds is 6. The minimum Gasteiger partial charge on any atom is -0.458 e. The molecular formula is C25H47Cl2IN2O9. The Balaban J connectivity index is -0.000000603. The molecule has 0 aromatic rings. The van der Waals surface area contributed by atoms with E-state index < -0.39 is 65.2 Å². The highest BCUT2D eigenvalue weighted by molar-refractivity contribution is 14.1. The maximum absolute atomic E-state index is 11.8. The highest BCUT2D eigenvalue weighted by Gasteiger charge is 2.29. The summed E-state index contributed by atoms with van der Waals surface area (Å²) in [5, 5.41) is 14.0. The van der Waals surface area contributed by atoms with Gasteiger partial charge in [-0.15, -0.1) is 23.2 Å². The predicted molar refractivity (Wildman–Crippen MR) is 161 cm³/mol. The van der Waals surface area contributed by atoms with Crippen molar-refractivity contribution < 1.29 is 43.2 Å². The Morgan fingerprint density at radius 1 is 0.641 bits per heavy atom. The van der Waals surface area contributed by atoms with Crippen LogP contribution in [-0.4, -0.2) is 80.1 Å². The number of halogens is 3. The average molecular weight is 717 g/mol. The molecule has 2 atom stereocenters. The molecule has 14 heteroatoms. The summed E-state index contributed by atoms with van der Waals surface area (Å²) in [4.78, 5) is 46.4. The maximum atomic E-state index is 11.8. The summed E-state index contributed by atoms with van der Waals surface area (Å²) in [5.74, 6) is -1.15.